The number of esters is 1. The van der Waals surface area contributed by atoms with Gasteiger partial charge in [0.2, 0.25) is 5.91 Å². The molecule has 0 saturated carbocycles. The molecule has 0 aliphatic carbocycles. The maximum atomic E-state index is 13.8. The molecule has 51 heavy (non-hydrogen) atoms. The number of thiophene rings is 1. The number of carbonyl (C=O) groups excluding carboxylic acids is 3. The third-order valence-corrected chi connectivity index (χ3v) is 10.3. The van der Waals surface area contributed by atoms with E-state index in [1.807, 2.05) is 0 Å². The summed E-state index contributed by atoms with van der Waals surface area (Å²) in [6, 6.07) is 7.93. The second kappa shape index (κ2) is 15.1. The Kier molecular flexibility index (Phi) is 11.4. The molecular weight excluding hydrogens is 737 g/mol. The minimum Gasteiger partial charge on any atom is -0.456 e. The summed E-state index contributed by atoms with van der Waals surface area (Å²) in [5, 5.41) is 7.51. The fourth-order valence-corrected chi connectivity index (χ4v) is 7.86. The van der Waals surface area contributed by atoms with Crippen LogP contribution in [0.5, 0.6) is 0 Å². The third kappa shape index (κ3) is 9.78. The Hall–Kier alpha value is -3.73. The van der Waals surface area contributed by atoms with E-state index in [2.05, 4.69) is 10.6 Å². The number of nitrogens with one attached hydrogen (secondary N) is 2. The number of hydrogen-bond acceptors (Lipinski definition) is 8. The van der Waals surface area contributed by atoms with E-state index in [9.17, 15) is 40.7 Å². The van der Waals surface area contributed by atoms with Gasteiger partial charge in [0.15, 0.2) is 0 Å². The molecular formula is C35H33F6N3O4S3. The number of benzene rings is 2. The number of alkyl halides is 6. The molecule has 0 bridgehead atoms. The molecule has 0 radical (unpaired) electrons. The van der Waals surface area contributed by atoms with E-state index in [0.29, 0.717) is 34.7 Å². The van der Waals surface area contributed by atoms with Crippen LogP contribution in [-0.2, 0) is 26.7 Å². The molecule has 1 aromatic heterocycles. The summed E-state index contributed by atoms with van der Waals surface area (Å²) in [6.45, 7) is 6.75. The van der Waals surface area contributed by atoms with Crippen LogP contribution in [0.2, 0.25) is 0 Å². The second-order valence-electron chi connectivity index (χ2n) is 13.1. The van der Waals surface area contributed by atoms with Crippen molar-refractivity contribution < 1.29 is 45.5 Å². The van der Waals surface area contributed by atoms with E-state index in [-0.39, 0.29) is 32.3 Å². The lowest BCUT2D eigenvalue weighted by atomic mass is 9.90. The van der Waals surface area contributed by atoms with Crippen molar-refractivity contribution in [3.8, 4) is 11.1 Å². The van der Waals surface area contributed by atoms with Gasteiger partial charge in [-0.15, -0.1) is 11.3 Å². The molecule has 2 aliphatic heterocycles. The minimum atomic E-state index is -5.00. The Morgan fingerprint density at radius 2 is 1.59 bits per heavy atom. The van der Waals surface area contributed by atoms with Crippen LogP contribution in [0.15, 0.2) is 58.8 Å². The molecule has 5 rings (SSSR count). The molecule has 1 unspecified atom stereocenters. The van der Waals surface area contributed by atoms with Gasteiger partial charge in [-0.3, -0.25) is 14.5 Å². The summed E-state index contributed by atoms with van der Waals surface area (Å²) < 4.78 is 86.2. The van der Waals surface area contributed by atoms with Crippen molar-refractivity contribution in [1.82, 2.24) is 10.2 Å². The highest BCUT2D eigenvalue weighted by Crippen LogP contribution is 2.41. The predicted molar refractivity (Wildman–Crippen MR) is 189 cm³/mol. The van der Waals surface area contributed by atoms with Gasteiger partial charge in [-0.1, -0.05) is 24.0 Å². The van der Waals surface area contributed by atoms with Gasteiger partial charge >= 0.3 is 18.3 Å². The normalized spacial score (nSPS) is 17.6. The van der Waals surface area contributed by atoms with E-state index < -0.39 is 52.9 Å². The maximum Gasteiger partial charge on any atom is 0.416 e. The van der Waals surface area contributed by atoms with Crippen molar-refractivity contribution >= 4 is 69.2 Å². The van der Waals surface area contributed by atoms with Crippen LogP contribution in [0.3, 0.4) is 0 Å². The van der Waals surface area contributed by atoms with Crippen LogP contribution >= 0.6 is 35.3 Å². The van der Waals surface area contributed by atoms with Gasteiger partial charge in [-0.05, 0) is 130 Å². The van der Waals surface area contributed by atoms with Gasteiger partial charge in [-0.2, -0.15) is 26.3 Å². The Labute approximate surface area is 303 Å². The summed E-state index contributed by atoms with van der Waals surface area (Å²) in [5.74, 6) is -1.45. The van der Waals surface area contributed by atoms with Gasteiger partial charge in [0.05, 0.1) is 21.6 Å². The number of amides is 2. The molecule has 272 valence electrons. The average Bonchev–Trinajstić information content (AvgIpc) is 3.62. The van der Waals surface area contributed by atoms with E-state index in [0.717, 1.165) is 49.0 Å². The number of thioether (sulfide) groups is 1. The van der Waals surface area contributed by atoms with Crippen molar-refractivity contribution in [3.05, 3.63) is 80.4 Å². The van der Waals surface area contributed by atoms with Crippen LogP contribution in [0.4, 0.5) is 32.0 Å². The monoisotopic (exact) mass is 769 g/mol. The van der Waals surface area contributed by atoms with Crippen molar-refractivity contribution in [2.45, 2.75) is 64.0 Å². The molecule has 2 saturated heterocycles. The highest BCUT2D eigenvalue weighted by atomic mass is 32.2. The van der Waals surface area contributed by atoms with Crippen molar-refractivity contribution in [2.75, 3.05) is 18.4 Å². The van der Waals surface area contributed by atoms with Crippen LogP contribution in [0.1, 0.15) is 66.4 Å². The number of thiocarbonyl (C=S) groups is 1. The first kappa shape index (κ1) is 38.5. The molecule has 2 fully saturated rings. The van der Waals surface area contributed by atoms with Gasteiger partial charge in [0.1, 0.15) is 16.0 Å². The largest absolute Gasteiger partial charge is 0.456 e. The van der Waals surface area contributed by atoms with Gasteiger partial charge in [0, 0.05) is 10.6 Å². The highest BCUT2D eigenvalue weighted by Gasteiger charge is 2.42. The third-order valence-electron chi connectivity index (χ3n) is 8.05. The number of nitrogens with zero attached hydrogens (tertiary/aromatic N) is 1. The van der Waals surface area contributed by atoms with E-state index in [1.54, 1.807) is 32.9 Å². The number of piperidine rings is 1. The summed E-state index contributed by atoms with van der Waals surface area (Å²) in [6.07, 6.45) is -6.65. The molecule has 2 aliphatic rings. The molecule has 16 heteroatoms. The minimum absolute atomic E-state index is 0.0671. The Morgan fingerprint density at radius 3 is 2.16 bits per heavy atom. The fraction of sp³-hybridized carbons (Fsp3) is 0.371. The second-order valence-corrected chi connectivity index (χ2v) is 15.7. The standard InChI is InChI=1S/C35H33F6N3O4S3/c1-33(2,3)48-31(47)20-4-6-25(7-5-20)43-29(45)27(12-19-8-10-42-11-9-19)44-30(46)28(51-32(44)49)17-26-15-22(18-50-26)21-13-23(34(36,37)38)16-24(14-21)35(39,40)41/h4-7,13-19,27,42H,8-12H2,1-3H3,(H,43,45). The number of anilines is 1. The fourth-order valence-electron chi connectivity index (χ4n) is 5.59. The number of ether oxygens (including phenoxy) is 1. The molecule has 0 spiro atoms. The van der Waals surface area contributed by atoms with E-state index >= 15 is 0 Å². The molecule has 2 amide bonds. The van der Waals surface area contributed by atoms with Crippen LogP contribution in [0.25, 0.3) is 17.2 Å². The Morgan fingerprint density at radius 1 is 0.980 bits per heavy atom. The van der Waals surface area contributed by atoms with Crippen LogP contribution in [-0.4, -0.2) is 51.7 Å². The number of rotatable bonds is 8. The zero-order chi connectivity index (χ0) is 37.3. The molecule has 2 aromatic carbocycles. The summed E-state index contributed by atoms with van der Waals surface area (Å²) in [4.78, 5) is 41.9. The summed E-state index contributed by atoms with van der Waals surface area (Å²) >= 11 is 7.56. The Bertz CT molecular complexity index is 1810. The van der Waals surface area contributed by atoms with Crippen molar-refractivity contribution in [2.24, 2.45) is 5.92 Å². The zero-order valence-corrected chi connectivity index (χ0v) is 30.0. The van der Waals surface area contributed by atoms with Gasteiger partial charge < -0.3 is 15.4 Å². The average molecular weight is 770 g/mol. The van der Waals surface area contributed by atoms with E-state index in [4.69, 9.17) is 17.0 Å². The molecule has 3 aromatic rings. The lowest BCUT2D eigenvalue weighted by Gasteiger charge is -2.31. The molecule has 3 heterocycles. The van der Waals surface area contributed by atoms with Gasteiger partial charge in [0.25, 0.3) is 5.91 Å². The predicted octanol–water partition coefficient (Wildman–Crippen LogP) is 9.01. The van der Waals surface area contributed by atoms with Crippen LogP contribution in [0, 0.1) is 5.92 Å². The maximum absolute atomic E-state index is 13.8. The number of halogens is 6. The highest BCUT2D eigenvalue weighted by molar-refractivity contribution is 8.26. The molecule has 7 nitrogen and oxygen atoms in total. The van der Waals surface area contributed by atoms with Gasteiger partial charge in [-0.25, -0.2) is 4.79 Å². The first-order valence-corrected chi connectivity index (χ1v) is 17.9. The van der Waals surface area contributed by atoms with E-state index in [1.165, 1.54) is 34.6 Å². The summed E-state index contributed by atoms with van der Waals surface area (Å²) in [7, 11) is 0. The lowest BCUT2D eigenvalue weighted by molar-refractivity contribution is -0.143. The first-order chi connectivity index (χ1) is 23.8. The van der Waals surface area contributed by atoms with Crippen molar-refractivity contribution in [3.63, 3.8) is 0 Å². The topological polar surface area (TPSA) is 87.7 Å². The molecule has 1 atom stereocenters. The molecule has 2 N–H and O–H groups in total. The summed E-state index contributed by atoms with van der Waals surface area (Å²) in [5.41, 5.74) is -3.04. The zero-order valence-electron chi connectivity index (χ0n) is 27.5. The lowest BCUT2D eigenvalue weighted by Crippen LogP contribution is -2.48. The smallest absolute Gasteiger partial charge is 0.416 e. The van der Waals surface area contributed by atoms with Crippen molar-refractivity contribution in [1.29, 1.82) is 0 Å². The number of hydrogen-bond donors (Lipinski definition) is 2. The van der Waals surface area contributed by atoms with Crippen LogP contribution < -0.4 is 10.6 Å². The Balaban J connectivity index is 1.38. The number of carbonyl (C=O) groups is 3. The first-order valence-electron chi connectivity index (χ1n) is 15.8. The SMILES string of the molecule is CC(C)(C)OC(=O)c1ccc(NC(=O)C(CC2CCNCC2)N2C(=O)C(=Cc3cc(-c4cc(C(F)(F)F)cc(C(F)(F)F)c4)cs3)SC2=S)cc1. The quantitative estimate of drug-likeness (QED) is 0.102.